The van der Waals surface area contributed by atoms with Crippen LogP contribution in [0.2, 0.25) is 0 Å². The lowest BCUT2D eigenvalue weighted by atomic mass is 9.91. The molecule has 1 aliphatic carbocycles. The number of hydrogen-bond acceptors (Lipinski definition) is 9. The molecule has 1 aliphatic heterocycles. The van der Waals surface area contributed by atoms with E-state index in [1.165, 1.54) is 0 Å². The molecule has 3 aromatic rings. The summed E-state index contributed by atoms with van der Waals surface area (Å²) in [7, 11) is 0. The van der Waals surface area contributed by atoms with E-state index >= 15 is 0 Å². The van der Waals surface area contributed by atoms with E-state index in [-0.39, 0.29) is 30.6 Å². The number of unbranched alkanes of at least 4 members (excludes halogenated alkanes) is 2. The number of nitrogens with zero attached hydrogens (tertiary/aromatic N) is 3. The molecule has 53 heavy (non-hydrogen) atoms. The number of aliphatic hydroxyl groups excluding tert-OH is 1. The average molecular weight is 727 g/mol. The molecule has 0 bridgehead atoms. The predicted octanol–water partition coefficient (Wildman–Crippen LogP) is 3.94. The first-order valence-electron chi connectivity index (χ1n) is 19.2. The van der Waals surface area contributed by atoms with Crippen LogP contribution in [0.4, 0.5) is 0 Å². The number of ether oxygens (including phenoxy) is 1. The molecule has 5 atom stereocenters. The number of carbonyl (C=O) groups excluding carboxylic acids is 3. The van der Waals surface area contributed by atoms with Gasteiger partial charge in [0.25, 0.3) is 0 Å². The smallest absolute Gasteiger partial charge is 0.306 e. The number of pyridine rings is 1. The molecular formula is C42H58N6O5. The Morgan fingerprint density at radius 3 is 2.47 bits per heavy atom. The van der Waals surface area contributed by atoms with Crippen molar-refractivity contribution in [2.24, 2.45) is 11.7 Å². The summed E-state index contributed by atoms with van der Waals surface area (Å²) in [6.45, 7) is 9.20. The minimum atomic E-state index is -0.735. The van der Waals surface area contributed by atoms with Crippen molar-refractivity contribution in [3.63, 3.8) is 0 Å². The number of rotatable bonds is 17. The maximum absolute atomic E-state index is 14.3. The fourth-order valence-electron chi connectivity index (χ4n) is 7.47. The molecule has 1 saturated heterocycles. The fourth-order valence-corrected chi connectivity index (χ4v) is 7.47. The Hall–Kier alpha value is -4.16. The summed E-state index contributed by atoms with van der Waals surface area (Å²) in [5.74, 6) is -1.19. The topological polar surface area (TPSA) is 150 Å². The number of nitrogens with one attached hydrogen (secondary N) is 2. The molecule has 2 aliphatic rings. The molecule has 1 aromatic heterocycles. The molecule has 5 rings (SSSR count). The SMILES string of the molecule is CC(C)(C)NC(=O)[C@@H]1CN(Cc2cccnc2)CCN1C[C@H](C[C@@H](Cc1ccccc1)C(=O)N[C@H]1c2ccccc2C[C@H]1O)OC(=O)CCCCCN. The Kier molecular flexibility index (Phi) is 14.5. The van der Waals surface area contributed by atoms with Gasteiger partial charge in [-0.1, -0.05) is 67.1 Å². The number of carbonyl (C=O) groups is 3. The number of fused-ring (bicyclic) bond motifs is 1. The predicted molar refractivity (Wildman–Crippen MR) is 205 cm³/mol. The molecular weight excluding hydrogens is 668 g/mol. The number of piperazine rings is 1. The lowest BCUT2D eigenvalue weighted by Gasteiger charge is -2.42. The van der Waals surface area contributed by atoms with E-state index in [4.69, 9.17) is 10.5 Å². The van der Waals surface area contributed by atoms with Crippen molar-refractivity contribution < 1.29 is 24.2 Å². The van der Waals surface area contributed by atoms with Gasteiger partial charge in [-0.2, -0.15) is 0 Å². The Bertz CT molecular complexity index is 1620. The lowest BCUT2D eigenvalue weighted by molar-refractivity contribution is -0.153. The summed E-state index contributed by atoms with van der Waals surface area (Å²) in [6.07, 6.45) is 5.93. The molecule has 286 valence electrons. The quantitative estimate of drug-likeness (QED) is 0.120. The summed E-state index contributed by atoms with van der Waals surface area (Å²) < 4.78 is 6.26. The summed E-state index contributed by atoms with van der Waals surface area (Å²) in [5.41, 5.74) is 9.24. The molecule has 0 unspecified atom stereocenters. The molecule has 2 aromatic carbocycles. The Morgan fingerprint density at radius 1 is 0.981 bits per heavy atom. The zero-order valence-electron chi connectivity index (χ0n) is 31.6. The highest BCUT2D eigenvalue weighted by Gasteiger charge is 2.38. The monoisotopic (exact) mass is 726 g/mol. The molecule has 2 amide bonds. The van der Waals surface area contributed by atoms with Crippen molar-refractivity contribution in [2.45, 2.75) is 102 Å². The van der Waals surface area contributed by atoms with Gasteiger partial charge in [0.2, 0.25) is 11.8 Å². The molecule has 0 spiro atoms. The standard InChI is InChI=1S/C42H58N6O5/c1-42(2,3)46-41(52)36-29-47(27-31-15-12-20-44-26-31)21-22-48(36)28-34(53-38(50)18-8-5-11-19-43)24-33(23-30-13-6-4-7-14-30)40(51)45-39-35-17-10-9-16-32(35)25-37(39)49/h4,6-7,9-10,12-17,20,26,33-34,36-37,39,49H,5,8,11,18-19,21-25,27-29,43H2,1-3H3,(H,45,51)(H,46,52)/t33-,34+,36+,37-,39+/m1/s1. The normalized spacial score (nSPS) is 20.3. The number of esters is 1. The first kappa shape index (κ1) is 40.0. The second-order valence-electron chi connectivity index (χ2n) is 15.6. The minimum Gasteiger partial charge on any atom is -0.461 e. The summed E-state index contributed by atoms with van der Waals surface area (Å²) in [6, 6.07) is 20.5. The molecule has 2 heterocycles. The van der Waals surface area contributed by atoms with E-state index in [9.17, 15) is 19.5 Å². The van der Waals surface area contributed by atoms with Gasteiger partial charge in [0.15, 0.2) is 0 Å². The van der Waals surface area contributed by atoms with Gasteiger partial charge in [0.05, 0.1) is 12.1 Å². The Balaban J connectivity index is 1.39. The Morgan fingerprint density at radius 2 is 1.74 bits per heavy atom. The van der Waals surface area contributed by atoms with E-state index < -0.39 is 35.7 Å². The zero-order valence-corrected chi connectivity index (χ0v) is 31.6. The van der Waals surface area contributed by atoms with Crippen LogP contribution in [-0.2, 0) is 38.5 Å². The number of aromatic nitrogens is 1. The van der Waals surface area contributed by atoms with E-state index in [2.05, 4.69) is 25.4 Å². The van der Waals surface area contributed by atoms with Crippen LogP contribution in [-0.4, -0.2) is 94.2 Å². The third-order valence-corrected chi connectivity index (χ3v) is 10.1. The number of aliphatic hydroxyl groups is 1. The van der Waals surface area contributed by atoms with Crippen LogP contribution in [0.1, 0.15) is 81.2 Å². The van der Waals surface area contributed by atoms with Gasteiger partial charge in [0, 0.05) is 69.4 Å². The van der Waals surface area contributed by atoms with Crippen LogP contribution in [0, 0.1) is 5.92 Å². The highest BCUT2D eigenvalue weighted by molar-refractivity contribution is 5.83. The number of benzene rings is 2. The number of amides is 2. The van der Waals surface area contributed by atoms with E-state index in [1.54, 1.807) is 6.20 Å². The van der Waals surface area contributed by atoms with Crippen molar-refractivity contribution in [2.75, 3.05) is 32.7 Å². The highest BCUT2D eigenvalue weighted by atomic mass is 16.5. The van der Waals surface area contributed by atoms with Crippen molar-refractivity contribution in [1.29, 1.82) is 0 Å². The van der Waals surface area contributed by atoms with Gasteiger partial charge in [-0.25, -0.2) is 0 Å². The third kappa shape index (κ3) is 12.2. The fraction of sp³-hybridized carbons (Fsp3) is 0.524. The maximum atomic E-state index is 14.3. The van der Waals surface area contributed by atoms with E-state index in [0.717, 1.165) is 35.1 Å². The van der Waals surface area contributed by atoms with Crippen LogP contribution in [0.3, 0.4) is 0 Å². The summed E-state index contributed by atoms with van der Waals surface area (Å²) in [4.78, 5) is 50.3. The van der Waals surface area contributed by atoms with Crippen LogP contribution in [0.5, 0.6) is 0 Å². The van der Waals surface area contributed by atoms with Crippen molar-refractivity contribution >= 4 is 17.8 Å². The van der Waals surface area contributed by atoms with Gasteiger partial charge in [-0.15, -0.1) is 0 Å². The second-order valence-corrected chi connectivity index (χ2v) is 15.6. The molecule has 11 heteroatoms. The maximum Gasteiger partial charge on any atom is 0.306 e. The van der Waals surface area contributed by atoms with E-state index in [1.807, 2.05) is 93.7 Å². The lowest BCUT2D eigenvalue weighted by Crippen LogP contribution is -2.62. The number of hydrogen-bond donors (Lipinski definition) is 4. The van der Waals surface area contributed by atoms with Gasteiger partial charge >= 0.3 is 5.97 Å². The van der Waals surface area contributed by atoms with Crippen molar-refractivity contribution in [1.82, 2.24) is 25.4 Å². The van der Waals surface area contributed by atoms with Crippen LogP contribution in [0.25, 0.3) is 0 Å². The molecule has 5 N–H and O–H groups in total. The van der Waals surface area contributed by atoms with E-state index in [0.29, 0.717) is 58.5 Å². The molecule has 0 radical (unpaired) electrons. The van der Waals surface area contributed by atoms with Crippen LogP contribution in [0.15, 0.2) is 79.1 Å². The summed E-state index contributed by atoms with van der Waals surface area (Å²) >= 11 is 0. The number of nitrogens with two attached hydrogens (primary N) is 1. The summed E-state index contributed by atoms with van der Waals surface area (Å²) in [5, 5.41) is 17.3. The average Bonchev–Trinajstić information content (AvgIpc) is 3.44. The van der Waals surface area contributed by atoms with Gasteiger partial charge in [-0.05, 0) is 81.3 Å². The zero-order chi connectivity index (χ0) is 37.8. The van der Waals surface area contributed by atoms with Crippen molar-refractivity contribution in [3.05, 3.63) is 101 Å². The second kappa shape index (κ2) is 19.3. The van der Waals surface area contributed by atoms with Gasteiger partial charge < -0.3 is 26.2 Å². The van der Waals surface area contributed by atoms with Gasteiger partial charge in [0.1, 0.15) is 12.1 Å². The van der Waals surface area contributed by atoms with Crippen molar-refractivity contribution in [3.8, 4) is 0 Å². The minimum absolute atomic E-state index is 0.0901. The van der Waals surface area contributed by atoms with Crippen LogP contribution < -0.4 is 16.4 Å². The highest BCUT2D eigenvalue weighted by Crippen LogP contribution is 2.32. The largest absolute Gasteiger partial charge is 0.461 e. The third-order valence-electron chi connectivity index (χ3n) is 10.1. The van der Waals surface area contributed by atoms with Crippen LogP contribution >= 0.6 is 0 Å². The molecule has 1 fully saturated rings. The first-order chi connectivity index (χ1) is 25.5. The molecule has 0 saturated carbocycles. The first-order valence-corrected chi connectivity index (χ1v) is 19.2. The molecule has 11 nitrogen and oxygen atoms in total. The van der Waals surface area contributed by atoms with Gasteiger partial charge in [-0.3, -0.25) is 29.2 Å². The Labute approximate surface area is 314 Å².